The van der Waals surface area contributed by atoms with Crippen molar-refractivity contribution in [3.05, 3.63) is 46.2 Å². The normalized spacial score (nSPS) is 13.4. The van der Waals surface area contributed by atoms with Gasteiger partial charge >= 0.3 is 0 Å². The van der Waals surface area contributed by atoms with Crippen molar-refractivity contribution in [3.8, 4) is 0 Å². The van der Waals surface area contributed by atoms with Gasteiger partial charge in [-0.2, -0.15) is 5.10 Å². The van der Waals surface area contributed by atoms with Gasteiger partial charge in [-0.05, 0) is 38.1 Å². The van der Waals surface area contributed by atoms with E-state index in [2.05, 4.69) is 25.8 Å². The molecule has 7 heteroatoms. The summed E-state index contributed by atoms with van der Waals surface area (Å²) in [5, 5.41) is 4.22. The number of halogens is 1. The van der Waals surface area contributed by atoms with Crippen LogP contribution in [0.25, 0.3) is 0 Å². The topological polar surface area (TPSA) is 64.0 Å². The minimum atomic E-state index is -3.54. The zero-order valence-electron chi connectivity index (χ0n) is 11.5. The van der Waals surface area contributed by atoms with Crippen molar-refractivity contribution in [1.29, 1.82) is 0 Å². The average Bonchev–Trinajstić information content (AvgIpc) is 2.68. The van der Waals surface area contributed by atoms with Crippen molar-refractivity contribution < 1.29 is 8.42 Å². The van der Waals surface area contributed by atoms with E-state index in [1.165, 1.54) is 0 Å². The molecule has 0 aliphatic rings. The molecule has 2 aromatic rings. The molecule has 1 atom stereocenters. The highest BCUT2D eigenvalue weighted by Crippen LogP contribution is 2.20. The van der Waals surface area contributed by atoms with Crippen molar-refractivity contribution in [2.45, 2.75) is 24.8 Å². The van der Waals surface area contributed by atoms with Gasteiger partial charge in [0, 0.05) is 29.3 Å². The van der Waals surface area contributed by atoms with E-state index < -0.39 is 10.0 Å². The molecular weight excluding hydrogens is 342 g/mol. The first-order valence-corrected chi connectivity index (χ1v) is 8.35. The van der Waals surface area contributed by atoms with Crippen molar-refractivity contribution in [1.82, 2.24) is 14.5 Å². The standard InChI is InChI=1S/C13H16BrN3O2S/c1-9-13(8-17(3)15-9)10(2)16-20(18,19)12-6-4-11(14)5-7-12/h4-8,10,16H,1-3H3. The molecule has 1 aromatic heterocycles. The lowest BCUT2D eigenvalue weighted by atomic mass is 10.1. The molecule has 0 amide bonds. The molecule has 5 nitrogen and oxygen atoms in total. The second-order valence-electron chi connectivity index (χ2n) is 4.64. The quantitative estimate of drug-likeness (QED) is 0.914. The minimum Gasteiger partial charge on any atom is -0.275 e. The van der Waals surface area contributed by atoms with Crippen LogP contribution in [-0.4, -0.2) is 18.2 Å². The number of hydrogen-bond donors (Lipinski definition) is 1. The highest BCUT2D eigenvalue weighted by molar-refractivity contribution is 9.10. The highest BCUT2D eigenvalue weighted by Gasteiger charge is 2.20. The molecule has 1 unspecified atom stereocenters. The Hall–Kier alpha value is -1.18. The number of nitrogens with zero attached hydrogens (tertiary/aromatic N) is 2. The second kappa shape index (κ2) is 5.67. The fraction of sp³-hybridized carbons (Fsp3) is 0.308. The molecule has 0 saturated carbocycles. The first kappa shape index (κ1) is 15.2. The van der Waals surface area contributed by atoms with Gasteiger partial charge < -0.3 is 0 Å². The first-order chi connectivity index (χ1) is 9.29. The Morgan fingerprint density at radius 3 is 2.40 bits per heavy atom. The molecule has 0 aliphatic heterocycles. The van der Waals surface area contributed by atoms with Crippen LogP contribution in [0.15, 0.2) is 39.8 Å². The van der Waals surface area contributed by atoms with Gasteiger partial charge in [-0.3, -0.25) is 4.68 Å². The van der Waals surface area contributed by atoms with E-state index in [9.17, 15) is 8.42 Å². The van der Waals surface area contributed by atoms with Crippen LogP contribution in [0.5, 0.6) is 0 Å². The predicted molar refractivity (Wildman–Crippen MR) is 80.8 cm³/mol. The molecule has 0 spiro atoms. The van der Waals surface area contributed by atoms with E-state index in [0.717, 1.165) is 15.7 Å². The first-order valence-electron chi connectivity index (χ1n) is 6.07. The van der Waals surface area contributed by atoms with Gasteiger partial charge in [-0.1, -0.05) is 15.9 Å². The summed E-state index contributed by atoms with van der Waals surface area (Å²) in [6.45, 7) is 3.67. The van der Waals surface area contributed by atoms with Crippen LogP contribution in [0, 0.1) is 6.92 Å². The van der Waals surface area contributed by atoms with Crippen LogP contribution in [0.4, 0.5) is 0 Å². The van der Waals surface area contributed by atoms with E-state index in [-0.39, 0.29) is 10.9 Å². The molecule has 1 heterocycles. The monoisotopic (exact) mass is 357 g/mol. The molecule has 1 N–H and O–H groups in total. The van der Waals surface area contributed by atoms with E-state index >= 15 is 0 Å². The van der Waals surface area contributed by atoms with Crippen molar-refractivity contribution in [2.75, 3.05) is 0 Å². The van der Waals surface area contributed by atoms with Gasteiger partial charge in [0.1, 0.15) is 0 Å². The molecular formula is C13H16BrN3O2S. The zero-order valence-corrected chi connectivity index (χ0v) is 13.9. The maximum atomic E-state index is 12.3. The van der Waals surface area contributed by atoms with E-state index in [1.54, 1.807) is 35.9 Å². The van der Waals surface area contributed by atoms with Gasteiger partial charge in [-0.15, -0.1) is 0 Å². The Kier molecular flexibility index (Phi) is 4.31. The molecule has 108 valence electrons. The van der Waals surface area contributed by atoms with Crippen LogP contribution >= 0.6 is 15.9 Å². The summed E-state index contributed by atoms with van der Waals surface area (Å²) < 4.78 is 29.8. The van der Waals surface area contributed by atoms with Gasteiger partial charge in [-0.25, -0.2) is 13.1 Å². The summed E-state index contributed by atoms with van der Waals surface area (Å²) in [6, 6.07) is 6.20. The molecule has 2 rings (SSSR count). The third-order valence-corrected chi connectivity index (χ3v) is 5.06. The number of hydrogen-bond acceptors (Lipinski definition) is 3. The highest BCUT2D eigenvalue weighted by atomic mass is 79.9. The van der Waals surface area contributed by atoms with Gasteiger partial charge in [0.15, 0.2) is 0 Å². The SMILES string of the molecule is Cc1nn(C)cc1C(C)NS(=O)(=O)c1ccc(Br)cc1. The Bertz CT molecular complexity index is 708. The van der Waals surface area contributed by atoms with E-state index in [4.69, 9.17) is 0 Å². The molecule has 20 heavy (non-hydrogen) atoms. The Morgan fingerprint density at radius 1 is 1.30 bits per heavy atom. The minimum absolute atomic E-state index is 0.245. The lowest BCUT2D eigenvalue weighted by molar-refractivity contribution is 0.566. The maximum absolute atomic E-state index is 12.3. The average molecular weight is 358 g/mol. The second-order valence-corrected chi connectivity index (χ2v) is 7.27. The third-order valence-electron chi connectivity index (χ3n) is 2.97. The molecule has 0 radical (unpaired) electrons. The molecule has 0 aliphatic carbocycles. The van der Waals surface area contributed by atoms with Crippen molar-refractivity contribution in [2.24, 2.45) is 7.05 Å². The number of nitrogens with one attached hydrogen (secondary N) is 1. The van der Waals surface area contributed by atoms with Crippen LogP contribution in [-0.2, 0) is 17.1 Å². The largest absolute Gasteiger partial charge is 0.275 e. The van der Waals surface area contributed by atoms with Crippen molar-refractivity contribution >= 4 is 26.0 Å². The van der Waals surface area contributed by atoms with Crippen LogP contribution in [0.1, 0.15) is 24.2 Å². The summed E-state index contributed by atoms with van der Waals surface area (Å²) in [5.74, 6) is 0. The predicted octanol–water partition coefficient (Wildman–Crippen LogP) is 2.53. The third kappa shape index (κ3) is 3.28. The lowest BCUT2D eigenvalue weighted by Gasteiger charge is -2.13. The fourth-order valence-corrected chi connectivity index (χ4v) is 3.51. The Labute approximate surface area is 127 Å². The molecule has 0 fully saturated rings. The maximum Gasteiger partial charge on any atom is 0.241 e. The van der Waals surface area contributed by atoms with Crippen LogP contribution in [0.3, 0.4) is 0 Å². The summed E-state index contributed by atoms with van der Waals surface area (Å²) in [6.07, 6.45) is 1.82. The van der Waals surface area contributed by atoms with Gasteiger partial charge in [0.05, 0.1) is 10.6 Å². The summed E-state index contributed by atoms with van der Waals surface area (Å²) in [7, 11) is -1.73. The molecule has 1 aromatic carbocycles. The number of benzene rings is 1. The van der Waals surface area contributed by atoms with Gasteiger partial charge in [0.2, 0.25) is 10.0 Å². The van der Waals surface area contributed by atoms with Crippen LogP contribution in [0.2, 0.25) is 0 Å². The van der Waals surface area contributed by atoms with Crippen molar-refractivity contribution in [3.63, 3.8) is 0 Å². The Balaban J connectivity index is 2.24. The number of rotatable bonds is 4. The number of sulfonamides is 1. The molecule has 0 bridgehead atoms. The number of aromatic nitrogens is 2. The van der Waals surface area contributed by atoms with E-state index in [0.29, 0.717) is 0 Å². The van der Waals surface area contributed by atoms with Gasteiger partial charge in [0.25, 0.3) is 0 Å². The molecule has 0 saturated heterocycles. The number of aryl methyl sites for hydroxylation is 2. The summed E-state index contributed by atoms with van der Waals surface area (Å²) >= 11 is 3.29. The fourth-order valence-electron chi connectivity index (χ4n) is 2.02. The lowest BCUT2D eigenvalue weighted by Crippen LogP contribution is -2.27. The van der Waals surface area contributed by atoms with E-state index in [1.807, 2.05) is 20.2 Å². The summed E-state index contributed by atoms with van der Waals surface area (Å²) in [4.78, 5) is 0.245. The Morgan fingerprint density at radius 2 is 1.90 bits per heavy atom. The smallest absolute Gasteiger partial charge is 0.241 e. The zero-order chi connectivity index (χ0) is 14.9. The van der Waals surface area contributed by atoms with Crippen LogP contribution < -0.4 is 4.72 Å². The summed E-state index contributed by atoms with van der Waals surface area (Å²) in [5.41, 5.74) is 1.69.